The van der Waals surface area contributed by atoms with Crippen molar-refractivity contribution in [3.05, 3.63) is 0 Å². The summed E-state index contributed by atoms with van der Waals surface area (Å²) in [5, 5.41) is 0. The summed E-state index contributed by atoms with van der Waals surface area (Å²) in [6.45, 7) is 3.49. The fourth-order valence-corrected chi connectivity index (χ4v) is 1.70. The molecule has 84 valence electrons. The second-order valence-corrected chi connectivity index (χ2v) is 5.52. The minimum absolute atomic E-state index is 0. The standard InChI is InChI=1S/C8H19NO3S.Mg.2H/c1-3-4-5-6-8(2,7-9)13(10,11)12;;;/h3-7,9H2,1-2H3,(H,10,11,12);;;/q;+2;2*-1. The summed E-state index contributed by atoms with van der Waals surface area (Å²) in [5.74, 6) is 0. The first kappa shape index (κ1) is 17.0. The van der Waals surface area contributed by atoms with E-state index in [1.165, 1.54) is 6.92 Å². The number of nitrogens with two attached hydrogens (primary N) is 1. The van der Waals surface area contributed by atoms with Gasteiger partial charge in [0.2, 0.25) is 0 Å². The molecule has 1 unspecified atom stereocenters. The Balaban J connectivity index is -0.000000240. The summed E-state index contributed by atoms with van der Waals surface area (Å²) >= 11 is 0. The van der Waals surface area contributed by atoms with E-state index in [2.05, 4.69) is 0 Å². The van der Waals surface area contributed by atoms with Crippen molar-refractivity contribution in [1.82, 2.24) is 0 Å². The SMILES string of the molecule is CCCCCC(C)(CN)S(=O)(=O)O.[H-].[H-].[Mg+2]. The van der Waals surface area contributed by atoms with Crippen LogP contribution in [0, 0.1) is 0 Å². The first-order chi connectivity index (χ1) is 5.87. The minimum Gasteiger partial charge on any atom is -1.00 e. The second-order valence-electron chi connectivity index (χ2n) is 3.59. The van der Waals surface area contributed by atoms with Gasteiger partial charge < -0.3 is 8.59 Å². The van der Waals surface area contributed by atoms with Crippen LogP contribution in [0.1, 0.15) is 42.4 Å². The van der Waals surface area contributed by atoms with E-state index in [0.717, 1.165) is 19.3 Å². The number of rotatable bonds is 6. The van der Waals surface area contributed by atoms with Crippen molar-refractivity contribution in [1.29, 1.82) is 0 Å². The quantitative estimate of drug-likeness (QED) is 0.409. The van der Waals surface area contributed by atoms with Crippen molar-refractivity contribution < 1.29 is 15.8 Å². The van der Waals surface area contributed by atoms with Crippen molar-refractivity contribution in [2.24, 2.45) is 5.73 Å². The van der Waals surface area contributed by atoms with E-state index in [1.807, 2.05) is 6.92 Å². The maximum atomic E-state index is 11.0. The molecule has 0 radical (unpaired) electrons. The Morgan fingerprint density at radius 3 is 2.21 bits per heavy atom. The summed E-state index contributed by atoms with van der Waals surface area (Å²) < 4.78 is 29.7. The fourth-order valence-electron chi connectivity index (χ4n) is 1.09. The monoisotopic (exact) mass is 235 g/mol. The topological polar surface area (TPSA) is 80.4 Å². The van der Waals surface area contributed by atoms with Crippen LogP contribution in [0.2, 0.25) is 0 Å². The average molecular weight is 236 g/mol. The van der Waals surface area contributed by atoms with Gasteiger partial charge in [-0.3, -0.25) is 4.55 Å². The van der Waals surface area contributed by atoms with Gasteiger partial charge in [-0.1, -0.05) is 26.2 Å². The van der Waals surface area contributed by atoms with Crippen LogP contribution in [0.5, 0.6) is 0 Å². The van der Waals surface area contributed by atoms with Crippen LogP contribution in [0.3, 0.4) is 0 Å². The Hall–Kier alpha value is 0.636. The van der Waals surface area contributed by atoms with Crippen molar-refractivity contribution in [2.75, 3.05) is 6.54 Å². The Labute approximate surface area is 106 Å². The summed E-state index contributed by atoms with van der Waals surface area (Å²) in [7, 11) is -4.02. The van der Waals surface area contributed by atoms with Crippen molar-refractivity contribution in [3.63, 3.8) is 0 Å². The van der Waals surface area contributed by atoms with Gasteiger partial charge in [0, 0.05) is 6.54 Å². The van der Waals surface area contributed by atoms with Crippen LogP contribution in [0.15, 0.2) is 0 Å². The molecule has 0 aromatic carbocycles. The zero-order chi connectivity index (χ0) is 10.5. The van der Waals surface area contributed by atoms with Crippen LogP contribution in [-0.2, 0) is 10.1 Å². The summed E-state index contributed by atoms with van der Waals surface area (Å²) in [5.41, 5.74) is 5.34. The molecule has 0 rings (SSSR count). The predicted octanol–water partition coefficient (Wildman–Crippen LogP) is 1.02. The molecule has 0 spiro atoms. The van der Waals surface area contributed by atoms with E-state index in [-0.39, 0.29) is 32.5 Å². The maximum Gasteiger partial charge on any atom is 2.00 e. The molecule has 0 bridgehead atoms. The van der Waals surface area contributed by atoms with Gasteiger partial charge >= 0.3 is 23.1 Å². The molecule has 0 aliphatic carbocycles. The molecule has 0 aliphatic heterocycles. The molecular weight excluding hydrogens is 214 g/mol. The van der Waals surface area contributed by atoms with Crippen molar-refractivity contribution >= 4 is 33.2 Å². The van der Waals surface area contributed by atoms with Gasteiger partial charge in [-0.05, 0) is 13.3 Å². The Morgan fingerprint density at radius 2 is 1.93 bits per heavy atom. The largest absolute Gasteiger partial charge is 2.00 e. The number of hydrogen-bond donors (Lipinski definition) is 2. The third kappa shape index (κ3) is 4.93. The number of unbranched alkanes of at least 4 members (excludes halogenated alkanes) is 2. The first-order valence-electron chi connectivity index (χ1n) is 4.54. The molecule has 3 N–H and O–H groups in total. The second kappa shape index (κ2) is 7.00. The van der Waals surface area contributed by atoms with E-state index in [9.17, 15) is 8.42 Å². The van der Waals surface area contributed by atoms with Gasteiger partial charge in [0.1, 0.15) is 4.75 Å². The smallest absolute Gasteiger partial charge is 1.00 e. The fraction of sp³-hybridized carbons (Fsp3) is 1.00. The zero-order valence-corrected chi connectivity index (χ0v) is 11.2. The Kier molecular flexibility index (Phi) is 8.52. The maximum absolute atomic E-state index is 11.0. The van der Waals surface area contributed by atoms with Crippen LogP contribution in [0.4, 0.5) is 0 Å². The van der Waals surface area contributed by atoms with E-state index < -0.39 is 14.9 Å². The zero-order valence-electron chi connectivity index (χ0n) is 11.0. The van der Waals surface area contributed by atoms with E-state index in [4.69, 9.17) is 10.3 Å². The van der Waals surface area contributed by atoms with Gasteiger partial charge in [-0.2, -0.15) is 8.42 Å². The van der Waals surface area contributed by atoms with Gasteiger partial charge in [0.05, 0.1) is 0 Å². The molecule has 0 heterocycles. The molecule has 0 aliphatic rings. The van der Waals surface area contributed by atoms with Gasteiger partial charge in [-0.25, -0.2) is 0 Å². The molecule has 0 aromatic rings. The van der Waals surface area contributed by atoms with E-state index >= 15 is 0 Å². The number of hydrogen-bond acceptors (Lipinski definition) is 3. The Bertz CT molecular complexity index is 252. The molecule has 0 amide bonds. The average Bonchev–Trinajstić information content (AvgIpc) is 2.02. The summed E-state index contributed by atoms with van der Waals surface area (Å²) in [6, 6.07) is 0. The van der Waals surface area contributed by atoms with Crippen LogP contribution < -0.4 is 5.73 Å². The van der Waals surface area contributed by atoms with E-state index in [1.54, 1.807) is 0 Å². The third-order valence-corrected chi connectivity index (χ3v) is 3.98. The Morgan fingerprint density at radius 1 is 1.43 bits per heavy atom. The van der Waals surface area contributed by atoms with Gasteiger partial charge in [0.15, 0.2) is 0 Å². The molecule has 6 heteroatoms. The van der Waals surface area contributed by atoms with Crippen LogP contribution in [0.25, 0.3) is 0 Å². The predicted molar refractivity (Wildman–Crippen MR) is 61.1 cm³/mol. The van der Waals surface area contributed by atoms with Crippen LogP contribution >= 0.6 is 0 Å². The normalized spacial score (nSPS) is 15.7. The molecular formula is C8H21MgNO3S. The minimum atomic E-state index is -4.02. The first-order valence-corrected chi connectivity index (χ1v) is 5.98. The van der Waals surface area contributed by atoms with Crippen LogP contribution in [-0.4, -0.2) is 47.3 Å². The van der Waals surface area contributed by atoms with E-state index in [0.29, 0.717) is 6.42 Å². The third-order valence-electron chi connectivity index (χ3n) is 2.36. The molecule has 0 aromatic heterocycles. The van der Waals surface area contributed by atoms with Gasteiger partial charge in [0.25, 0.3) is 10.1 Å². The van der Waals surface area contributed by atoms with Crippen molar-refractivity contribution in [3.8, 4) is 0 Å². The molecule has 0 fully saturated rings. The molecule has 1 atom stereocenters. The van der Waals surface area contributed by atoms with Crippen molar-refractivity contribution in [2.45, 2.75) is 44.3 Å². The molecule has 0 saturated carbocycles. The summed E-state index contributed by atoms with van der Waals surface area (Å²) in [4.78, 5) is 0. The molecule has 0 saturated heterocycles. The van der Waals surface area contributed by atoms with Gasteiger partial charge in [-0.15, -0.1) is 0 Å². The molecule has 14 heavy (non-hydrogen) atoms. The molecule has 4 nitrogen and oxygen atoms in total. The summed E-state index contributed by atoms with van der Waals surface area (Å²) in [6.07, 6.45) is 3.19.